The minimum atomic E-state index is -4.08. The maximum Gasteiger partial charge on any atom is 0.263 e. The van der Waals surface area contributed by atoms with Gasteiger partial charge in [-0.2, -0.15) is 0 Å². The Morgan fingerprint density at radius 2 is 1.42 bits per heavy atom. The average Bonchev–Trinajstić information content (AvgIpc) is 2.71. The van der Waals surface area contributed by atoms with Crippen molar-refractivity contribution in [2.24, 2.45) is 0 Å². The van der Waals surface area contributed by atoms with Crippen LogP contribution in [0, 0.1) is 6.92 Å². The molecule has 2 N–H and O–H groups in total. The Labute approximate surface area is 191 Å². The Morgan fingerprint density at radius 1 is 0.774 bits per heavy atom. The van der Waals surface area contributed by atoms with Gasteiger partial charge in [0.25, 0.3) is 20.0 Å². The van der Waals surface area contributed by atoms with Gasteiger partial charge in [-0.25, -0.2) is 16.8 Å². The van der Waals surface area contributed by atoms with Crippen molar-refractivity contribution in [2.75, 3.05) is 16.6 Å². The van der Waals surface area contributed by atoms with E-state index in [4.69, 9.17) is 27.9 Å². The standard InChI is InChI=1S/C20H18Cl2N2O5S2/c1-13-5-3-4-6-16(13)24-30(25,26)15-9-7-14(8-10-15)23-31(27,28)18-12-11-17(29-2)19(21)20(18)22/h3-12,23-24H,1-2H3. The Balaban J connectivity index is 1.83. The Bertz CT molecular complexity index is 1330. The summed E-state index contributed by atoms with van der Waals surface area (Å²) in [5.41, 5.74) is 1.38. The summed E-state index contributed by atoms with van der Waals surface area (Å²) in [5.74, 6) is 0.237. The number of aryl methyl sites for hydroxylation is 1. The first kappa shape index (κ1) is 23.2. The number of hydrogen-bond acceptors (Lipinski definition) is 5. The third-order valence-corrected chi connectivity index (χ3v) is 8.11. The van der Waals surface area contributed by atoms with Gasteiger partial charge in [0, 0.05) is 5.69 Å². The third kappa shape index (κ3) is 5.07. The lowest BCUT2D eigenvalue weighted by Gasteiger charge is -2.13. The minimum Gasteiger partial charge on any atom is -0.495 e. The van der Waals surface area contributed by atoms with E-state index in [1.165, 1.54) is 43.5 Å². The maximum atomic E-state index is 12.7. The van der Waals surface area contributed by atoms with Gasteiger partial charge in [-0.05, 0) is 55.0 Å². The number of anilines is 2. The van der Waals surface area contributed by atoms with Gasteiger partial charge in [0.1, 0.15) is 15.7 Å². The van der Waals surface area contributed by atoms with Crippen molar-refractivity contribution in [3.8, 4) is 5.75 Å². The van der Waals surface area contributed by atoms with Crippen molar-refractivity contribution >= 4 is 54.6 Å². The predicted molar refractivity (Wildman–Crippen MR) is 122 cm³/mol. The average molecular weight is 501 g/mol. The largest absolute Gasteiger partial charge is 0.495 e. The van der Waals surface area contributed by atoms with Gasteiger partial charge >= 0.3 is 0 Å². The fraction of sp³-hybridized carbons (Fsp3) is 0.100. The van der Waals surface area contributed by atoms with E-state index in [2.05, 4.69) is 9.44 Å². The van der Waals surface area contributed by atoms with Crippen molar-refractivity contribution in [1.82, 2.24) is 0 Å². The number of hydrogen-bond donors (Lipinski definition) is 2. The molecule has 11 heteroatoms. The molecule has 0 aliphatic carbocycles. The van der Waals surface area contributed by atoms with Crippen molar-refractivity contribution < 1.29 is 21.6 Å². The van der Waals surface area contributed by atoms with E-state index < -0.39 is 20.0 Å². The molecular weight excluding hydrogens is 483 g/mol. The van der Waals surface area contributed by atoms with Crippen LogP contribution < -0.4 is 14.2 Å². The summed E-state index contributed by atoms with van der Waals surface area (Å²) < 4.78 is 60.5. The first-order chi connectivity index (χ1) is 14.5. The van der Waals surface area contributed by atoms with Crippen LogP contribution in [0.2, 0.25) is 10.0 Å². The molecule has 0 radical (unpaired) electrons. The molecule has 0 heterocycles. The molecule has 0 spiro atoms. The molecule has 0 bridgehead atoms. The van der Waals surface area contributed by atoms with Crippen LogP contribution in [0.4, 0.5) is 11.4 Å². The normalized spacial score (nSPS) is 11.7. The Kier molecular flexibility index (Phi) is 6.70. The highest BCUT2D eigenvalue weighted by Gasteiger charge is 2.22. The Morgan fingerprint density at radius 3 is 2.03 bits per heavy atom. The number of sulfonamides is 2. The van der Waals surface area contributed by atoms with Crippen LogP contribution in [0.3, 0.4) is 0 Å². The van der Waals surface area contributed by atoms with Crippen LogP contribution in [0.5, 0.6) is 5.75 Å². The van der Waals surface area contributed by atoms with Crippen LogP contribution in [0.1, 0.15) is 5.56 Å². The van der Waals surface area contributed by atoms with E-state index in [1.54, 1.807) is 31.2 Å². The lowest BCUT2D eigenvalue weighted by molar-refractivity contribution is 0.414. The van der Waals surface area contributed by atoms with E-state index in [9.17, 15) is 16.8 Å². The molecule has 0 aliphatic heterocycles. The number of methoxy groups -OCH3 is 1. The van der Waals surface area contributed by atoms with Gasteiger partial charge in [-0.15, -0.1) is 0 Å². The second-order valence-corrected chi connectivity index (χ2v) is 10.5. The molecule has 0 atom stereocenters. The summed E-state index contributed by atoms with van der Waals surface area (Å²) in [5, 5.41) is -0.217. The maximum absolute atomic E-state index is 12.7. The minimum absolute atomic E-state index is 0.0239. The summed E-state index contributed by atoms with van der Waals surface area (Å²) in [7, 11) is -6.55. The summed E-state index contributed by atoms with van der Waals surface area (Å²) in [6.07, 6.45) is 0. The number of nitrogens with one attached hydrogen (secondary N) is 2. The van der Waals surface area contributed by atoms with E-state index in [-0.39, 0.29) is 31.3 Å². The number of ether oxygens (including phenoxy) is 1. The second-order valence-electron chi connectivity index (χ2n) is 6.44. The van der Waals surface area contributed by atoms with Gasteiger partial charge in [0.15, 0.2) is 0 Å². The van der Waals surface area contributed by atoms with E-state index in [1.807, 2.05) is 0 Å². The fourth-order valence-electron chi connectivity index (χ4n) is 2.68. The zero-order chi connectivity index (χ0) is 22.8. The van der Waals surface area contributed by atoms with Gasteiger partial charge in [0.2, 0.25) is 0 Å². The van der Waals surface area contributed by atoms with E-state index in [0.717, 1.165) is 5.56 Å². The third-order valence-electron chi connectivity index (χ3n) is 4.33. The first-order valence-electron chi connectivity index (χ1n) is 8.78. The smallest absolute Gasteiger partial charge is 0.263 e. The number of benzene rings is 3. The summed E-state index contributed by atoms with van der Waals surface area (Å²) in [6, 6.07) is 14.9. The summed E-state index contributed by atoms with van der Waals surface area (Å²) in [6.45, 7) is 1.78. The van der Waals surface area contributed by atoms with Crippen LogP contribution >= 0.6 is 23.2 Å². The second kappa shape index (κ2) is 8.96. The zero-order valence-corrected chi connectivity index (χ0v) is 19.5. The van der Waals surface area contributed by atoms with Crippen LogP contribution in [0.25, 0.3) is 0 Å². The molecule has 0 saturated carbocycles. The molecule has 0 saturated heterocycles. The van der Waals surface area contributed by atoms with Crippen molar-refractivity contribution in [3.05, 3.63) is 76.3 Å². The molecule has 0 aromatic heterocycles. The SMILES string of the molecule is COc1ccc(S(=O)(=O)Nc2ccc(S(=O)(=O)Nc3ccccc3C)cc2)c(Cl)c1Cl. The molecule has 164 valence electrons. The topological polar surface area (TPSA) is 102 Å². The van der Waals surface area contributed by atoms with Crippen molar-refractivity contribution in [3.63, 3.8) is 0 Å². The van der Waals surface area contributed by atoms with Crippen LogP contribution in [-0.4, -0.2) is 23.9 Å². The highest BCUT2D eigenvalue weighted by Crippen LogP contribution is 2.37. The van der Waals surface area contributed by atoms with Crippen LogP contribution in [-0.2, 0) is 20.0 Å². The molecule has 3 rings (SSSR count). The van der Waals surface area contributed by atoms with Crippen molar-refractivity contribution in [1.29, 1.82) is 0 Å². The predicted octanol–water partition coefficient (Wildman–Crippen LogP) is 4.91. The fourth-order valence-corrected chi connectivity index (χ4v) is 5.71. The molecule has 0 aliphatic rings. The summed E-state index contributed by atoms with van der Waals surface area (Å²) in [4.78, 5) is -0.262. The molecule has 7 nitrogen and oxygen atoms in total. The summed E-state index contributed by atoms with van der Waals surface area (Å²) >= 11 is 12.1. The highest BCUT2D eigenvalue weighted by atomic mass is 35.5. The molecule has 3 aromatic rings. The molecule has 31 heavy (non-hydrogen) atoms. The highest BCUT2D eigenvalue weighted by molar-refractivity contribution is 7.93. The lowest BCUT2D eigenvalue weighted by atomic mass is 10.2. The molecule has 0 unspecified atom stereocenters. The molecular formula is C20H18Cl2N2O5S2. The molecule has 0 amide bonds. The molecule has 0 fully saturated rings. The number of halogens is 2. The lowest BCUT2D eigenvalue weighted by Crippen LogP contribution is -2.15. The number of para-hydroxylation sites is 1. The van der Waals surface area contributed by atoms with Gasteiger partial charge < -0.3 is 4.74 Å². The number of rotatable bonds is 7. The van der Waals surface area contributed by atoms with Gasteiger partial charge in [0.05, 0.1) is 22.7 Å². The monoisotopic (exact) mass is 500 g/mol. The van der Waals surface area contributed by atoms with Gasteiger partial charge in [-0.1, -0.05) is 41.4 Å². The zero-order valence-electron chi connectivity index (χ0n) is 16.4. The Hall–Kier alpha value is -2.46. The van der Waals surface area contributed by atoms with Crippen molar-refractivity contribution in [2.45, 2.75) is 16.7 Å². The van der Waals surface area contributed by atoms with Crippen LogP contribution in [0.15, 0.2) is 70.5 Å². The van der Waals surface area contributed by atoms with E-state index >= 15 is 0 Å². The molecule has 3 aromatic carbocycles. The quantitative estimate of drug-likeness (QED) is 0.479. The van der Waals surface area contributed by atoms with Gasteiger partial charge in [-0.3, -0.25) is 9.44 Å². The van der Waals surface area contributed by atoms with E-state index in [0.29, 0.717) is 5.69 Å². The first-order valence-corrected chi connectivity index (χ1v) is 12.5.